The molecule has 1 aliphatic rings. The van der Waals surface area contributed by atoms with Gasteiger partial charge in [0.15, 0.2) is 0 Å². The predicted octanol–water partition coefficient (Wildman–Crippen LogP) is 0.123. The van der Waals surface area contributed by atoms with Crippen molar-refractivity contribution in [2.45, 2.75) is 6.42 Å². The van der Waals surface area contributed by atoms with Crippen LogP contribution >= 0.6 is 0 Å². The largest absolute Gasteiger partial charge is 0.358 e. The van der Waals surface area contributed by atoms with E-state index >= 15 is 0 Å². The standard InChI is InChI=1S/C7H10N2O/c1-8-7(10)6-4-2-3-5-9-6/h3-5,9H,2H2,1H3,(H,8,10). The summed E-state index contributed by atoms with van der Waals surface area (Å²) in [6.45, 7) is 0. The number of likely N-dealkylation sites (N-methyl/N-ethyl adjacent to an activating group) is 1. The van der Waals surface area contributed by atoms with E-state index in [2.05, 4.69) is 10.6 Å². The third-order valence-corrected chi connectivity index (χ3v) is 1.29. The zero-order chi connectivity index (χ0) is 7.40. The van der Waals surface area contributed by atoms with Crippen LogP contribution in [0, 0.1) is 0 Å². The fraction of sp³-hybridized carbons (Fsp3) is 0.286. The van der Waals surface area contributed by atoms with Crippen LogP contribution in [0.4, 0.5) is 0 Å². The van der Waals surface area contributed by atoms with E-state index in [9.17, 15) is 4.79 Å². The van der Waals surface area contributed by atoms with Crippen LogP contribution in [0.1, 0.15) is 6.42 Å². The van der Waals surface area contributed by atoms with Crippen LogP contribution < -0.4 is 10.6 Å². The Kier molecular flexibility index (Phi) is 2.10. The fourth-order valence-corrected chi connectivity index (χ4v) is 0.754. The highest BCUT2D eigenvalue weighted by molar-refractivity contribution is 5.92. The Labute approximate surface area is 59.8 Å². The lowest BCUT2D eigenvalue weighted by Crippen LogP contribution is -2.27. The van der Waals surface area contributed by atoms with Crippen LogP contribution in [0.2, 0.25) is 0 Å². The molecule has 10 heavy (non-hydrogen) atoms. The first-order valence-corrected chi connectivity index (χ1v) is 3.18. The second kappa shape index (κ2) is 3.06. The van der Waals surface area contributed by atoms with Gasteiger partial charge in [-0.25, -0.2) is 0 Å². The summed E-state index contributed by atoms with van der Waals surface area (Å²) in [6, 6.07) is 0. The maximum Gasteiger partial charge on any atom is 0.267 e. The van der Waals surface area contributed by atoms with Gasteiger partial charge in [0.05, 0.1) is 0 Å². The lowest BCUT2D eigenvalue weighted by molar-refractivity contribution is -0.117. The number of carbonyl (C=O) groups excluding carboxylic acids is 1. The van der Waals surface area contributed by atoms with E-state index in [1.54, 1.807) is 13.2 Å². The zero-order valence-corrected chi connectivity index (χ0v) is 5.85. The lowest BCUT2D eigenvalue weighted by Gasteiger charge is -2.07. The van der Waals surface area contributed by atoms with Gasteiger partial charge in [-0.1, -0.05) is 12.2 Å². The molecule has 3 nitrogen and oxygen atoms in total. The third-order valence-electron chi connectivity index (χ3n) is 1.29. The topological polar surface area (TPSA) is 41.1 Å². The second-order valence-electron chi connectivity index (χ2n) is 1.98. The average Bonchev–Trinajstić information content (AvgIpc) is 2.05. The Balaban J connectivity index is 2.56. The Morgan fingerprint density at radius 2 is 2.60 bits per heavy atom. The summed E-state index contributed by atoms with van der Waals surface area (Å²) >= 11 is 0. The van der Waals surface area contributed by atoms with E-state index in [-0.39, 0.29) is 5.91 Å². The van der Waals surface area contributed by atoms with Crippen molar-refractivity contribution in [3.8, 4) is 0 Å². The van der Waals surface area contributed by atoms with E-state index in [1.165, 1.54) is 0 Å². The van der Waals surface area contributed by atoms with Gasteiger partial charge in [0, 0.05) is 7.05 Å². The fourth-order valence-electron chi connectivity index (χ4n) is 0.754. The van der Waals surface area contributed by atoms with Crippen molar-refractivity contribution in [2.24, 2.45) is 0 Å². The molecule has 1 amide bonds. The smallest absolute Gasteiger partial charge is 0.267 e. The minimum Gasteiger partial charge on any atom is -0.358 e. The first kappa shape index (κ1) is 6.86. The van der Waals surface area contributed by atoms with Crippen LogP contribution in [0.15, 0.2) is 24.0 Å². The number of dihydropyridines is 1. The summed E-state index contributed by atoms with van der Waals surface area (Å²) in [7, 11) is 1.61. The van der Waals surface area contributed by atoms with Gasteiger partial charge in [0.25, 0.3) is 5.91 Å². The Hall–Kier alpha value is -1.25. The maximum absolute atomic E-state index is 10.9. The van der Waals surface area contributed by atoms with Gasteiger partial charge in [-0.15, -0.1) is 0 Å². The highest BCUT2D eigenvalue weighted by atomic mass is 16.1. The minimum absolute atomic E-state index is 0.0654. The van der Waals surface area contributed by atoms with Crippen molar-refractivity contribution >= 4 is 5.91 Å². The van der Waals surface area contributed by atoms with Crippen molar-refractivity contribution in [3.63, 3.8) is 0 Å². The van der Waals surface area contributed by atoms with E-state index < -0.39 is 0 Å². The first-order valence-electron chi connectivity index (χ1n) is 3.18. The number of allylic oxidation sites excluding steroid dienone is 2. The molecule has 0 saturated heterocycles. The van der Waals surface area contributed by atoms with Crippen molar-refractivity contribution < 1.29 is 4.79 Å². The third kappa shape index (κ3) is 1.37. The molecule has 0 aliphatic carbocycles. The summed E-state index contributed by atoms with van der Waals surface area (Å²) in [4.78, 5) is 10.9. The molecule has 0 aromatic rings. The highest BCUT2D eigenvalue weighted by Crippen LogP contribution is 1.98. The van der Waals surface area contributed by atoms with Gasteiger partial charge in [-0.3, -0.25) is 4.79 Å². The molecule has 0 bridgehead atoms. The van der Waals surface area contributed by atoms with Gasteiger partial charge < -0.3 is 10.6 Å². The number of hydrogen-bond donors (Lipinski definition) is 2. The molecule has 0 unspecified atom stereocenters. The molecule has 2 N–H and O–H groups in total. The first-order chi connectivity index (χ1) is 4.84. The van der Waals surface area contributed by atoms with Gasteiger partial charge in [0.2, 0.25) is 0 Å². The van der Waals surface area contributed by atoms with E-state index in [4.69, 9.17) is 0 Å². The number of amides is 1. The molecule has 0 aromatic heterocycles. The van der Waals surface area contributed by atoms with E-state index in [1.807, 2.05) is 12.2 Å². The molecule has 0 atom stereocenters. The van der Waals surface area contributed by atoms with Crippen LogP contribution in [0.25, 0.3) is 0 Å². The molecule has 54 valence electrons. The molecule has 0 spiro atoms. The summed E-state index contributed by atoms with van der Waals surface area (Å²) in [5, 5.41) is 5.37. The van der Waals surface area contributed by atoms with Crippen LogP contribution in [-0.4, -0.2) is 13.0 Å². The summed E-state index contributed by atoms with van der Waals surface area (Å²) < 4.78 is 0. The molecule has 1 rings (SSSR count). The number of nitrogens with one attached hydrogen (secondary N) is 2. The molecule has 0 aromatic carbocycles. The molecule has 1 heterocycles. The van der Waals surface area contributed by atoms with Crippen LogP contribution in [0.3, 0.4) is 0 Å². The van der Waals surface area contributed by atoms with Gasteiger partial charge in [-0.2, -0.15) is 0 Å². The zero-order valence-electron chi connectivity index (χ0n) is 5.85. The summed E-state index contributed by atoms with van der Waals surface area (Å²) in [6.07, 6.45) is 6.39. The van der Waals surface area contributed by atoms with Crippen LogP contribution in [-0.2, 0) is 4.79 Å². The molecular formula is C7H10N2O. The van der Waals surface area contributed by atoms with Crippen molar-refractivity contribution in [1.82, 2.24) is 10.6 Å². The maximum atomic E-state index is 10.9. The summed E-state index contributed by atoms with van der Waals surface area (Å²) in [5.41, 5.74) is 0.630. The number of hydrogen-bond acceptors (Lipinski definition) is 2. The van der Waals surface area contributed by atoms with Crippen molar-refractivity contribution in [3.05, 3.63) is 24.0 Å². The SMILES string of the molecule is CNC(=O)C1=CCC=CN1. The molecule has 0 saturated carbocycles. The number of rotatable bonds is 1. The minimum atomic E-state index is -0.0654. The normalized spacial score (nSPS) is 15.5. The van der Waals surface area contributed by atoms with Gasteiger partial charge in [0.1, 0.15) is 5.70 Å². The Morgan fingerprint density at radius 3 is 3.10 bits per heavy atom. The molecular weight excluding hydrogens is 128 g/mol. The summed E-state index contributed by atoms with van der Waals surface area (Å²) in [5.74, 6) is -0.0654. The van der Waals surface area contributed by atoms with E-state index in [0.717, 1.165) is 6.42 Å². The Morgan fingerprint density at radius 1 is 1.80 bits per heavy atom. The quantitative estimate of drug-likeness (QED) is 0.540. The molecule has 1 aliphatic heterocycles. The van der Waals surface area contributed by atoms with Crippen molar-refractivity contribution in [1.29, 1.82) is 0 Å². The molecule has 3 heteroatoms. The highest BCUT2D eigenvalue weighted by Gasteiger charge is 2.05. The number of carbonyl (C=O) groups is 1. The lowest BCUT2D eigenvalue weighted by atomic mass is 10.2. The van der Waals surface area contributed by atoms with Gasteiger partial charge >= 0.3 is 0 Å². The average molecular weight is 138 g/mol. The Bertz CT molecular complexity index is 194. The monoisotopic (exact) mass is 138 g/mol. The van der Waals surface area contributed by atoms with Gasteiger partial charge in [-0.05, 0) is 12.6 Å². The van der Waals surface area contributed by atoms with Crippen LogP contribution in [0.5, 0.6) is 0 Å². The molecule has 0 radical (unpaired) electrons. The van der Waals surface area contributed by atoms with Crippen molar-refractivity contribution in [2.75, 3.05) is 7.05 Å². The second-order valence-corrected chi connectivity index (χ2v) is 1.98. The predicted molar refractivity (Wildman–Crippen MR) is 39.0 cm³/mol. The van der Waals surface area contributed by atoms with E-state index in [0.29, 0.717) is 5.70 Å². The molecule has 0 fully saturated rings.